The highest BCUT2D eigenvalue weighted by Gasteiger charge is 2.17. The minimum Gasteiger partial charge on any atom is -0.493 e. The fourth-order valence-corrected chi connectivity index (χ4v) is 3.82. The van der Waals surface area contributed by atoms with Gasteiger partial charge in [0.05, 0.1) is 25.4 Å². The van der Waals surface area contributed by atoms with Crippen LogP contribution in [0.5, 0.6) is 11.5 Å². The van der Waals surface area contributed by atoms with Crippen molar-refractivity contribution >= 4 is 11.8 Å². The van der Waals surface area contributed by atoms with Crippen molar-refractivity contribution in [1.29, 1.82) is 0 Å². The SMILES string of the molecule is CCc1ccc(O[C@H](C)CCOc2ccc(CCC(=O)OC)c(C)c2)c(C(=O)c2ccccc2)c1. The van der Waals surface area contributed by atoms with E-state index in [0.717, 1.165) is 28.9 Å². The monoisotopic (exact) mass is 474 g/mol. The van der Waals surface area contributed by atoms with E-state index in [0.29, 0.717) is 42.7 Å². The van der Waals surface area contributed by atoms with Crippen LogP contribution < -0.4 is 9.47 Å². The molecule has 0 aromatic heterocycles. The van der Waals surface area contributed by atoms with Crippen molar-refractivity contribution in [3.05, 3.63) is 94.5 Å². The molecule has 0 radical (unpaired) electrons. The Bertz CT molecular complexity index is 1140. The van der Waals surface area contributed by atoms with Gasteiger partial charge < -0.3 is 14.2 Å². The van der Waals surface area contributed by atoms with Gasteiger partial charge in [-0.05, 0) is 67.6 Å². The Balaban J connectivity index is 1.59. The third kappa shape index (κ3) is 7.44. The first-order valence-electron chi connectivity index (χ1n) is 12.1. The van der Waals surface area contributed by atoms with Crippen LogP contribution in [0.25, 0.3) is 0 Å². The van der Waals surface area contributed by atoms with Gasteiger partial charge in [-0.3, -0.25) is 9.59 Å². The number of hydrogen-bond donors (Lipinski definition) is 0. The van der Waals surface area contributed by atoms with Gasteiger partial charge in [0.25, 0.3) is 0 Å². The molecule has 0 heterocycles. The molecule has 3 rings (SSSR count). The Morgan fingerprint density at radius 2 is 1.74 bits per heavy atom. The maximum Gasteiger partial charge on any atom is 0.305 e. The molecule has 0 fully saturated rings. The zero-order valence-electron chi connectivity index (χ0n) is 21.0. The molecular formula is C30H34O5. The summed E-state index contributed by atoms with van der Waals surface area (Å²) in [6, 6.07) is 21.0. The zero-order valence-corrected chi connectivity index (χ0v) is 21.0. The smallest absolute Gasteiger partial charge is 0.305 e. The minimum atomic E-state index is -0.211. The van der Waals surface area contributed by atoms with Crippen molar-refractivity contribution < 1.29 is 23.8 Å². The van der Waals surface area contributed by atoms with E-state index in [1.807, 2.05) is 80.6 Å². The fourth-order valence-electron chi connectivity index (χ4n) is 3.82. The number of ether oxygens (including phenoxy) is 3. The molecular weight excluding hydrogens is 440 g/mol. The second kappa shape index (κ2) is 12.7. The van der Waals surface area contributed by atoms with Crippen molar-refractivity contribution in [3.63, 3.8) is 0 Å². The van der Waals surface area contributed by atoms with Gasteiger partial charge in [0.15, 0.2) is 5.78 Å². The van der Waals surface area contributed by atoms with Gasteiger partial charge >= 0.3 is 5.97 Å². The van der Waals surface area contributed by atoms with E-state index in [4.69, 9.17) is 14.2 Å². The molecule has 3 aromatic carbocycles. The molecule has 35 heavy (non-hydrogen) atoms. The van der Waals surface area contributed by atoms with Gasteiger partial charge in [0.2, 0.25) is 0 Å². The number of hydrogen-bond acceptors (Lipinski definition) is 5. The predicted octanol–water partition coefficient (Wildman–Crippen LogP) is 6.13. The summed E-state index contributed by atoms with van der Waals surface area (Å²) in [4.78, 5) is 24.5. The lowest BCUT2D eigenvalue weighted by Gasteiger charge is -2.18. The van der Waals surface area contributed by atoms with E-state index >= 15 is 0 Å². The largest absolute Gasteiger partial charge is 0.493 e. The van der Waals surface area contributed by atoms with E-state index in [1.165, 1.54) is 7.11 Å². The maximum absolute atomic E-state index is 13.1. The second-order valence-electron chi connectivity index (χ2n) is 8.61. The Hall–Kier alpha value is -3.60. The molecule has 0 N–H and O–H groups in total. The summed E-state index contributed by atoms with van der Waals surface area (Å²) in [5.74, 6) is 1.12. The lowest BCUT2D eigenvalue weighted by atomic mass is 9.99. The zero-order chi connectivity index (χ0) is 25.2. The standard InChI is InChI=1S/C30H34O5/c1-5-23-11-15-28(27(20-23)30(32)25-9-7-6-8-10-25)35-22(3)17-18-34-26-14-12-24(21(2)19-26)13-16-29(31)33-4/h6-12,14-15,19-20,22H,5,13,16-18H2,1-4H3/t22-/m1/s1. The van der Waals surface area contributed by atoms with Crippen LogP contribution in [0.15, 0.2) is 66.7 Å². The first-order valence-corrected chi connectivity index (χ1v) is 12.1. The van der Waals surface area contributed by atoms with Gasteiger partial charge in [-0.1, -0.05) is 49.4 Å². The molecule has 0 aliphatic carbocycles. The first-order chi connectivity index (χ1) is 16.9. The number of rotatable bonds is 12. The molecule has 0 saturated carbocycles. The van der Waals surface area contributed by atoms with E-state index in [-0.39, 0.29) is 17.9 Å². The highest BCUT2D eigenvalue weighted by Crippen LogP contribution is 2.26. The average molecular weight is 475 g/mol. The summed E-state index contributed by atoms with van der Waals surface area (Å²) in [7, 11) is 1.40. The minimum absolute atomic E-state index is 0.0397. The average Bonchev–Trinajstić information content (AvgIpc) is 2.88. The third-order valence-corrected chi connectivity index (χ3v) is 5.99. The quantitative estimate of drug-likeness (QED) is 0.233. The summed E-state index contributed by atoms with van der Waals surface area (Å²) in [5, 5.41) is 0. The molecule has 0 bridgehead atoms. The number of carbonyl (C=O) groups is 2. The number of methoxy groups -OCH3 is 1. The molecule has 5 nitrogen and oxygen atoms in total. The first kappa shape index (κ1) is 26.0. The van der Waals surface area contributed by atoms with E-state index in [1.54, 1.807) is 0 Å². The summed E-state index contributed by atoms with van der Waals surface area (Å²) < 4.78 is 16.8. The van der Waals surface area contributed by atoms with E-state index < -0.39 is 0 Å². The van der Waals surface area contributed by atoms with Crippen molar-refractivity contribution in [2.45, 2.75) is 52.6 Å². The van der Waals surface area contributed by atoms with Crippen molar-refractivity contribution in [2.24, 2.45) is 0 Å². The topological polar surface area (TPSA) is 61.8 Å². The fraction of sp³-hybridized carbons (Fsp3) is 0.333. The number of esters is 1. The molecule has 0 amide bonds. The molecule has 0 saturated heterocycles. The van der Waals surface area contributed by atoms with Crippen molar-refractivity contribution in [1.82, 2.24) is 0 Å². The maximum atomic E-state index is 13.1. The number of benzene rings is 3. The van der Waals surface area contributed by atoms with Gasteiger partial charge in [-0.2, -0.15) is 0 Å². The molecule has 3 aromatic rings. The third-order valence-electron chi connectivity index (χ3n) is 5.99. The molecule has 0 unspecified atom stereocenters. The van der Waals surface area contributed by atoms with Crippen molar-refractivity contribution in [3.8, 4) is 11.5 Å². The Morgan fingerprint density at radius 1 is 0.971 bits per heavy atom. The second-order valence-corrected chi connectivity index (χ2v) is 8.61. The van der Waals surface area contributed by atoms with Gasteiger partial charge in [-0.15, -0.1) is 0 Å². The van der Waals surface area contributed by atoms with Crippen LogP contribution in [0, 0.1) is 6.92 Å². The lowest BCUT2D eigenvalue weighted by Crippen LogP contribution is -2.18. The van der Waals surface area contributed by atoms with E-state index in [9.17, 15) is 9.59 Å². The van der Waals surface area contributed by atoms with Gasteiger partial charge in [-0.25, -0.2) is 0 Å². The van der Waals surface area contributed by atoms with E-state index in [2.05, 4.69) is 6.92 Å². The van der Waals surface area contributed by atoms with Gasteiger partial charge in [0, 0.05) is 18.4 Å². The molecule has 0 aliphatic rings. The van der Waals surface area contributed by atoms with Crippen LogP contribution >= 0.6 is 0 Å². The Kier molecular flexibility index (Phi) is 9.47. The van der Waals surface area contributed by atoms with Crippen LogP contribution in [0.4, 0.5) is 0 Å². The summed E-state index contributed by atoms with van der Waals surface area (Å²) in [6.07, 6.45) is 2.38. The van der Waals surface area contributed by atoms with Crippen LogP contribution in [-0.4, -0.2) is 31.6 Å². The summed E-state index contributed by atoms with van der Waals surface area (Å²) in [5.41, 5.74) is 4.51. The van der Waals surface area contributed by atoms with Crippen molar-refractivity contribution in [2.75, 3.05) is 13.7 Å². The highest BCUT2D eigenvalue weighted by atomic mass is 16.5. The lowest BCUT2D eigenvalue weighted by molar-refractivity contribution is -0.140. The summed E-state index contributed by atoms with van der Waals surface area (Å²) >= 11 is 0. The van der Waals surface area contributed by atoms with Gasteiger partial charge in [0.1, 0.15) is 11.5 Å². The molecule has 184 valence electrons. The van der Waals surface area contributed by atoms with Crippen LogP contribution in [0.2, 0.25) is 0 Å². The van der Waals surface area contributed by atoms with Crippen LogP contribution in [0.1, 0.15) is 59.3 Å². The number of carbonyl (C=O) groups excluding carboxylic acids is 2. The number of aryl methyl sites for hydroxylation is 3. The highest BCUT2D eigenvalue weighted by molar-refractivity contribution is 6.10. The normalized spacial score (nSPS) is 11.5. The van der Waals surface area contributed by atoms with Crippen LogP contribution in [0.3, 0.4) is 0 Å². The van der Waals surface area contributed by atoms with Crippen LogP contribution in [-0.2, 0) is 22.4 Å². The molecule has 0 spiro atoms. The Labute approximate surface area is 208 Å². The molecule has 5 heteroatoms. The molecule has 1 atom stereocenters. The Morgan fingerprint density at radius 3 is 2.43 bits per heavy atom. The molecule has 0 aliphatic heterocycles. The predicted molar refractivity (Wildman–Crippen MR) is 137 cm³/mol. The number of ketones is 1. The summed E-state index contributed by atoms with van der Waals surface area (Å²) in [6.45, 7) is 6.54.